The van der Waals surface area contributed by atoms with Gasteiger partial charge in [0.25, 0.3) is 0 Å². The van der Waals surface area contributed by atoms with Gasteiger partial charge < -0.3 is 20.5 Å². The van der Waals surface area contributed by atoms with E-state index in [9.17, 15) is 14.4 Å². The lowest BCUT2D eigenvalue weighted by Gasteiger charge is -2.23. The van der Waals surface area contributed by atoms with E-state index in [0.29, 0.717) is 38.8 Å². The number of carboxylic acids is 1. The molecular weight excluding hydrogens is 432 g/mol. The van der Waals surface area contributed by atoms with Gasteiger partial charge in [-0.3, -0.25) is 9.59 Å². The van der Waals surface area contributed by atoms with Gasteiger partial charge in [-0.05, 0) is 46.9 Å². The Balaban J connectivity index is 1.33. The fourth-order valence-electron chi connectivity index (χ4n) is 4.29. The summed E-state index contributed by atoms with van der Waals surface area (Å²) in [5, 5.41) is 14.4. The van der Waals surface area contributed by atoms with E-state index in [4.69, 9.17) is 9.84 Å². The first-order chi connectivity index (χ1) is 16.3. The minimum Gasteiger partial charge on any atom is -0.481 e. The van der Waals surface area contributed by atoms with Crippen molar-refractivity contribution in [2.45, 2.75) is 51.9 Å². The summed E-state index contributed by atoms with van der Waals surface area (Å²) >= 11 is 0. The van der Waals surface area contributed by atoms with Gasteiger partial charge in [0.05, 0.1) is 0 Å². The van der Waals surface area contributed by atoms with Gasteiger partial charge in [-0.25, -0.2) is 4.79 Å². The molecule has 3 N–H and O–H groups in total. The van der Waals surface area contributed by atoms with E-state index < -0.39 is 12.1 Å². The molecule has 0 unspecified atom stereocenters. The first-order valence-corrected chi connectivity index (χ1v) is 11.8. The maximum atomic E-state index is 12.2. The maximum Gasteiger partial charge on any atom is 0.407 e. The summed E-state index contributed by atoms with van der Waals surface area (Å²) < 4.78 is 5.50. The van der Waals surface area contributed by atoms with Gasteiger partial charge in [0.15, 0.2) is 0 Å². The van der Waals surface area contributed by atoms with E-state index in [2.05, 4.69) is 34.9 Å². The molecule has 2 aromatic carbocycles. The maximum absolute atomic E-state index is 12.2. The summed E-state index contributed by atoms with van der Waals surface area (Å²) in [7, 11) is 0. The number of hydrogen-bond acceptors (Lipinski definition) is 4. The standard InChI is InChI=1S/C27H34N2O5/c1-27(2,14-13-25(31)32)15-17-28-24(30)12-7-16-29-26(33)34-18-23-21-10-5-3-8-19(21)20-9-4-6-11-22(20)23/h3-6,8-11,23H,7,12-18H2,1-2H3,(H,28,30)(H,29,33)(H,31,32). The van der Waals surface area contributed by atoms with Crippen molar-refractivity contribution in [3.8, 4) is 11.1 Å². The zero-order valence-electron chi connectivity index (χ0n) is 19.9. The molecule has 2 amide bonds. The average molecular weight is 467 g/mol. The van der Waals surface area contributed by atoms with Crippen LogP contribution in [0.3, 0.4) is 0 Å². The van der Waals surface area contributed by atoms with Crippen molar-refractivity contribution in [2.75, 3.05) is 19.7 Å². The second-order valence-electron chi connectivity index (χ2n) is 9.51. The first kappa shape index (κ1) is 25.3. The number of nitrogens with one attached hydrogen (secondary N) is 2. The van der Waals surface area contributed by atoms with Gasteiger partial charge in [-0.2, -0.15) is 0 Å². The molecule has 0 bridgehead atoms. The van der Waals surface area contributed by atoms with Crippen molar-refractivity contribution >= 4 is 18.0 Å². The number of rotatable bonds is 12. The Labute approximate surface area is 200 Å². The molecule has 0 atom stereocenters. The number of carboxylic acid groups (broad SMARTS) is 1. The highest BCUT2D eigenvalue weighted by Gasteiger charge is 2.29. The van der Waals surface area contributed by atoms with Crippen LogP contribution in [-0.4, -0.2) is 42.8 Å². The largest absolute Gasteiger partial charge is 0.481 e. The highest BCUT2D eigenvalue weighted by molar-refractivity contribution is 5.79. The van der Waals surface area contributed by atoms with E-state index in [-0.39, 0.29) is 30.3 Å². The number of ether oxygens (including phenoxy) is 1. The van der Waals surface area contributed by atoms with Crippen LogP contribution >= 0.6 is 0 Å². The lowest BCUT2D eigenvalue weighted by molar-refractivity contribution is -0.137. The van der Waals surface area contributed by atoms with E-state index in [1.54, 1.807) is 0 Å². The van der Waals surface area contributed by atoms with E-state index >= 15 is 0 Å². The van der Waals surface area contributed by atoms with Crippen molar-refractivity contribution in [1.29, 1.82) is 0 Å². The molecule has 0 radical (unpaired) electrons. The van der Waals surface area contributed by atoms with E-state index in [0.717, 1.165) is 0 Å². The van der Waals surface area contributed by atoms with Crippen molar-refractivity contribution < 1.29 is 24.2 Å². The van der Waals surface area contributed by atoms with Crippen LogP contribution in [0.2, 0.25) is 0 Å². The zero-order chi connectivity index (χ0) is 24.6. The smallest absolute Gasteiger partial charge is 0.407 e. The predicted octanol–water partition coefficient (Wildman–Crippen LogP) is 4.70. The minimum absolute atomic E-state index is 0.0173. The van der Waals surface area contributed by atoms with Crippen LogP contribution in [0.5, 0.6) is 0 Å². The Hall–Kier alpha value is -3.35. The van der Waals surface area contributed by atoms with Gasteiger partial charge in [-0.15, -0.1) is 0 Å². The zero-order valence-corrected chi connectivity index (χ0v) is 19.9. The third kappa shape index (κ3) is 7.07. The number of amides is 2. The van der Waals surface area contributed by atoms with Gasteiger partial charge in [-0.1, -0.05) is 62.4 Å². The first-order valence-electron chi connectivity index (χ1n) is 11.8. The van der Waals surface area contributed by atoms with E-state index in [1.165, 1.54) is 22.3 Å². The minimum atomic E-state index is -0.805. The normalized spacial score (nSPS) is 12.5. The molecule has 0 fully saturated rings. The second-order valence-corrected chi connectivity index (χ2v) is 9.51. The lowest BCUT2D eigenvalue weighted by atomic mass is 9.84. The lowest BCUT2D eigenvalue weighted by Crippen LogP contribution is -2.30. The molecule has 0 heterocycles. The number of alkyl carbamates (subject to hydrolysis) is 1. The van der Waals surface area contributed by atoms with Crippen LogP contribution in [-0.2, 0) is 14.3 Å². The second kappa shape index (κ2) is 11.7. The van der Waals surface area contributed by atoms with Crippen LogP contribution in [0.4, 0.5) is 4.79 Å². The van der Waals surface area contributed by atoms with E-state index in [1.807, 2.05) is 38.1 Å². The third-order valence-corrected chi connectivity index (χ3v) is 6.33. The molecule has 7 heteroatoms. The monoisotopic (exact) mass is 466 g/mol. The molecule has 3 rings (SSSR count). The van der Waals surface area contributed by atoms with Crippen molar-refractivity contribution in [3.63, 3.8) is 0 Å². The van der Waals surface area contributed by atoms with Gasteiger partial charge in [0, 0.05) is 31.8 Å². The van der Waals surface area contributed by atoms with Gasteiger partial charge in [0.2, 0.25) is 5.91 Å². The van der Waals surface area contributed by atoms with Crippen LogP contribution in [0.25, 0.3) is 11.1 Å². The fourth-order valence-corrected chi connectivity index (χ4v) is 4.29. The number of fused-ring (bicyclic) bond motifs is 3. The summed E-state index contributed by atoms with van der Waals surface area (Å²) in [4.78, 5) is 34.9. The number of hydrogen-bond donors (Lipinski definition) is 3. The summed E-state index contributed by atoms with van der Waals surface area (Å²) in [6.45, 7) is 5.12. The average Bonchev–Trinajstić information content (AvgIpc) is 3.13. The number of carbonyl (C=O) groups excluding carboxylic acids is 2. The molecule has 0 aliphatic heterocycles. The molecule has 34 heavy (non-hydrogen) atoms. The Morgan fingerprint density at radius 2 is 1.50 bits per heavy atom. The Bertz CT molecular complexity index is 972. The highest BCUT2D eigenvalue weighted by atomic mass is 16.5. The molecule has 7 nitrogen and oxygen atoms in total. The Morgan fingerprint density at radius 1 is 0.882 bits per heavy atom. The summed E-state index contributed by atoms with van der Waals surface area (Å²) in [5.74, 6) is -0.868. The molecule has 2 aromatic rings. The molecular formula is C27H34N2O5. The van der Waals surface area contributed by atoms with Crippen molar-refractivity contribution in [1.82, 2.24) is 10.6 Å². The molecule has 1 aliphatic rings. The number of aliphatic carboxylic acids is 1. The Morgan fingerprint density at radius 3 is 2.12 bits per heavy atom. The van der Waals surface area contributed by atoms with Gasteiger partial charge in [0.1, 0.15) is 6.61 Å². The van der Waals surface area contributed by atoms with Crippen molar-refractivity contribution in [3.05, 3.63) is 59.7 Å². The molecule has 0 saturated heterocycles. The number of benzene rings is 2. The summed E-state index contributed by atoms with van der Waals surface area (Å²) in [6.07, 6.45) is 1.74. The molecule has 182 valence electrons. The molecule has 1 aliphatic carbocycles. The number of carbonyl (C=O) groups is 3. The third-order valence-electron chi connectivity index (χ3n) is 6.33. The van der Waals surface area contributed by atoms with Crippen LogP contribution in [0.15, 0.2) is 48.5 Å². The molecule has 0 spiro atoms. The van der Waals surface area contributed by atoms with Crippen molar-refractivity contribution in [2.24, 2.45) is 5.41 Å². The van der Waals surface area contributed by atoms with Crippen LogP contribution < -0.4 is 10.6 Å². The quantitative estimate of drug-likeness (QED) is 0.393. The Kier molecular flexibility index (Phi) is 8.68. The summed E-state index contributed by atoms with van der Waals surface area (Å²) in [5.41, 5.74) is 4.56. The topological polar surface area (TPSA) is 105 Å². The SMILES string of the molecule is CC(C)(CCNC(=O)CCCNC(=O)OCC1c2ccccc2-c2ccccc21)CCC(=O)O. The van der Waals surface area contributed by atoms with Crippen LogP contribution in [0.1, 0.15) is 63.0 Å². The molecule has 0 saturated carbocycles. The highest BCUT2D eigenvalue weighted by Crippen LogP contribution is 2.44. The fraction of sp³-hybridized carbons (Fsp3) is 0.444. The summed E-state index contributed by atoms with van der Waals surface area (Å²) in [6, 6.07) is 16.4. The predicted molar refractivity (Wildman–Crippen MR) is 131 cm³/mol. The van der Waals surface area contributed by atoms with Gasteiger partial charge >= 0.3 is 12.1 Å². The molecule has 0 aromatic heterocycles. The van der Waals surface area contributed by atoms with Crippen LogP contribution in [0, 0.1) is 5.41 Å².